The third-order valence-electron chi connectivity index (χ3n) is 4.17. The highest BCUT2D eigenvalue weighted by molar-refractivity contribution is 5.97. The van der Waals surface area contributed by atoms with Gasteiger partial charge in [0.1, 0.15) is 5.75 Å². The first-order valence-corrected chi connectivity index (χ1v) is 7.85. The molecule has 0 amide bonds. The van der Waals surface area contributed by atoms with Crippen LogP contribution < -0.4 is 14.2 Å². The molecule has 0 aliphatic carbocycles. The smallest absolute Gasteiger partial charge is 0.367 e. The maximum atomic E-state index is 5.96. The molecule has 0 radical (unpaired) electrons. The summed E-state index contributed by atoms with van der Waals surface area (Å²) in [5.74, 6) is 3.01. The number of aryl methyl sites for hydroxylation is 1. The Bertz CT molecular complexity index is 854. The molecule has 24 heavy (non-hydrogen) atoms. The van der Waals surface area contributed by atoms with Crippen LogP contribution in [0.3, 0.4) is 0 Å². The fourth-order valence-corrected chi connectivity index (χ4v) is 2.83. The maximum Gasteiger partial charge on any atom is 0.367 e. The highest BCUT2D eigenvalue weighted by Gasteiger charge is 2.22. The minimum absolute atomic E-state index is 0.684. The molecule has 4 nitrogen and oxygen atoms in total. The standard InChI is InChI=1S/C20H21O4/c1-5-13-12-24-20(14-6-8-15(21-2)9-7-14)17-11-19(23-4)18(22-3)10-16(13)17/h6-12H,5H2,1-4H3/q+1. The number of rotatable bonds is 5. The summed E-state index contributed by atoms with van der Waals surface area (Å²) in [6, 6.07) is 11.8. The van der Waals surface area contributed by atoms with E-state index in [1.807, 2.05) is 42.7 Å². The molecule has 0 aliphatic rings. The third kappa shape index (κ3) is 2.75. The lowest BCUT2D eigenvalue weighted by molar-refractivity contribution is 0.355. The van der Waals surface area contributed by atoms with Gasteiger partial charge in [0.15, 0.2) is 11.5 Å². The molecule has 2 aromatic carbocycles. The van der Waals surface area contributed by atoms with E-state index in [-0.39, 0.29) is 0 Å². The normalized spacial score (nSPS) is 10.7. The highest BCUT2D eigenvalue weighted by atomic mass is 16.5. The van der Waals surface area contributed by atoms with Crippen LogP contribution in [-0.4, -0.2) is 21.3 Å². The molecule has 0 unspecified atom stereocenters. The van der Waals surface area contributed by atoms with E-state index in [1.165, 1.54) is 0 Å². The summed E-state index contributed by atoms with van der Waals surface area (Å²) in [5, 5.41) is 2.10. The largest absolute Gasteiger partial charge is 0.497 e. The summed E-state index contributed by atoms with van der Waals surface area (Å²) in [4.78, 5) is 0. The molecular formula is C20H21O4+. The molecule has 0 atom stereocenters. The minimum Gasteiger partial charge on any atom is -0.497 e. The van der Waals surface area contributed by atoms with E-state index in [1.54, 1.807) is 21.3 Å². The van der Waals surface area contributed by atoms with Gasteiger partial charge >= 0.3 is 12.0 Å². The van der Waals surface area contributed by atoms with Crippen molar-refractivity contribution in [3.63, 3.8) is 0 Å². The van der Waals surface area contributed by atoms with E-state index in [9.17, 15) is 0 Å². The van der Waals surface area contributed by atoms with Gasteiger partial charge in [0.05, 0.1) is 37.8 Å². The lowest BCUT2D eigenvalue weighted by atomic mass is 10.0. The molecule has 1 heterocycles. The molecule has 1 aromatic heterocycles. The topological polar surface area (TPSA) is 39.0 Å². The van der Waals surface area contributed by atoms with Gasteiger partial charge in [0, 0.05) is 11.5 Å². The highest BCUT2D eigenvalue weighted by Crippen LogP contribution is 2.39. The first kappa shape index (κ1) is 16.1. The Labute approximate surface area is 141 Å². The van der Waals surface area contributed by atoms with E-state index < -0.39 is 0 Å². The summed E-state index contributed by atoms with van der Waals surface area (Å²) in [7, 11) is 4.94. The number of fused-ring (bicyclic) bond motifs is 1. The van der Waals surface area contributed by atoms with Crippen molar-refractivity contribution < 1.29 is 18.6 Å². The Hall–Kier alpha value is -2.75. The van der Waals surface area contributed by atoms with E-state index >= 15 is 0 Å². The van der Waals surface area contributed by atoms with Crippen molar-refractivity contribution in [3.8, 4) is 28.6 Å². The number of methoxy groups -OCH3 is 3. The van der Waals surface area contributed by atoms with E-state index in [4.69, 9.17) is 18.6 Å². The molecule has 0 spiro atoms. The average Bonchev–Trinajstić information content (AvgIpc) is 2.66. The summed E-state index contributed by atoms with van der Waals surface area (Å²) in [5.41, 5.74) is 2.11. The molecular weight excluding hydrogens is 304 g/mol. The molecule has 3 aromatic rings. The van der Waals surface area contributed by atoms with Crippen LogP contribution in [0.1, 0.15) is 12.5 Å². The number of hydrogen-bond acceptors (Lipinski definition) is 3. The first-order chi connectivity index (χ1) is 11.7. The van der Waals surface area contributed by atoms with Gasteiger partial charge in [-0.3, -0.25) is 0 Å². The van der Waals surface area contributed by atoms with Crippen LogP contribution in [0, 0.1) is 0 Å². The predicted octanol–water partition coefficient (Wildman–Crippen LogP) is 4.97. The van der Waals surface area contributed by atoms with Crippen molar-refractivity contribution >= 4 is 10.8 Å². The molecule has 4 heteroatoms. The van der Waals surface area contributed by atoms with Crippen LogP contribution in [0.5, 0.6) is 17.2 Å². The van der Waals surface area contributed by atoms with Gasteiger partial charge in [-0.25, -0.2) is 4.42 Å². The summed E-state index contributed by atoms with van der Waals surface area (Å²) in [6.45, 7) is 2.11. The zero-order valence-corrected chi connectivity index (χ0v) is 14.4. The van der Waals surface area contributed by atoms with Crippen molar-refractivity contribution in [1.82, 2.24) is 0 Å². The second-order valence-electron chi connectivity index (χ2n) is 5.42. The van der Waals surface area contributed by atoms with Crippen LogP contribution in [0.15, 0.2) is 47.1 Å². The molecule has 0 N–H and O–H groups in total. The van der Waals surface area contributed by atoms with Crippen molar-refractivity contribution in [2.45, 2.75) is 13.3 Å². The van der Waals surface area contributed by atoms with Gasteiger partial charge in [0.25, 0.3) is 0 Å². The number of benzene rings is 2. The Morgan fingerprint density at radius 3 is 2.00 bits per heavy atom. The molecule has 0 aliphatic heterocycles. The van der Waals surface area contributed by atoms with Crippen molar-refractivity contribution in [2.75, 3.05) is 21.3 Å². The fraction of sp³-hybridized carbons (Fsp3) is 0.250. The first-order valence-electron chi connectivity index (χ1n) is 7.85. The summed E-state index contributed by atoms with van der Waals surface area (Å²) >= 11 is 0. The zero-order chi connectivity index (χ0) is 17.1. The fourth-order valence-electron chi connectivity index (χ4n) is 2.83. The Balaban J connectivity index is 2.27. The van der Waals surface area contributed by atoms with E-state index in [2.05, 4.69) is 6.92 Å². The molecule has 0 saturated carbocycles. The minimum atomic E-state index is 0.684. The third-order valence-corrected chi connectivity index (χ3v) is 4.17. The van der Waals surface area contributed by atoms with Crippen LogP contribution in [0.2, 0.25) is 0 Å². The van der Waals surface area contributed by atoms with Crippen LogP contribution in [0.4, 0.5) is 0 Å². The lowest BCUT2D eigenvalue weighted by Gasteiger charge is -2.10. The van der Waals surface area contributed by atoms with Gasteiger partial charge in [-0.05, 0) is 36.8 Å². The van der Waals surface area contributed by atoms with Crippen molar-refractivity contribution in [1.29, 1.82) is 0 Å². The number of hydrogen-bond donors (Lipinski definition) is 0. The summed E-state index contributed by atoms with van der Waals surface area (Å²) < 4.78 is 22.1. The SMILES string of the molecule is CCc1c[o+]c(-c2ccc(OC)cc2)c2cc(OC)c(OC)cc12. The van der Waals surface area contributed by atoms with Crippen LogP contribution >= 0.6 is 0 Å². The van der Waals surface area contributed by atoms with Crippen LogP contribution in [-0.2, 0) is 6.42 Å². The Morgan fingerprint density at radius 1 is 0.833 bits per heavy atom. The Morgan fingerprint density at radius 2 is 1.46 bits per heavy atom. The monoisotopic (exact) mass is 325 g/mol. The molecule has 3 rings (SSSR count). The molecule has 0 bridgehead atoms. The van der Waals surface area contributed by atoms with Gasteiger partial charge < -0.3 is 14.2 Å². The zero-order valence-electron chi connectivity index (χ0n) is 14.4. The van der Waals surface area contributed by atoms with Gasteiger partial charge in [-0.15, -0.1) is 0 Å². The van der Waals surface area contributed by atoms with Gasteiger partial charge in [-0.1, -0.05) is 6.92 Å². The van der Waals surface area contributed by atoms with Gasteiger partial charge in [0.2, 0.25) is 0 Å². The van der Waals surface area contributed by atoms with Crippen molar-refractivity contribution in [3.05, 3.63) is 48.2 Å². The predicted molar refractivity (Wildman–Crippen MR) is 95.1 cm³/mol. The van der Waals surface area contributed by atoms with Gasteiger partial charge in [-0.2, -0.15) is 0 Å². The van der Waals surface area contributed by atoms with Crippen molar-refractivity contribution in [2.24, 2.45) is 0 Å². The van der Waals surface area contributed by atoms with Crippen LogP contribution in [0.25, 0.3) is 22.1 Å². The average molecular weight is 325 g/mol. The second kappa shape index (κ2) is 6.79. The maximum absolute atomic E-state index is 5.96. The van der Waals surface area contributed by atoms with E-state index in [0.717, 1.165) is 39.8 Å². The molecule has 0 fully saturated rings. The lowest BCUT2D eigenvalue weighted by Crippen LogP contribution is -1.94. The quantitative estimate of drug-likeness (QED) is 0.621. The second-order valence-corrected chi connectivity index (χ2v) is 5.42. The summed E-state index contributed by atoms with van der Waals surface area (Å²) in [6.07, 6.45) is 2.69. The Kier molecular flexibility index (Phi) is 4.56. The number of ether oxygens (including phenoxy) is 3. The molecule has 124 valence electrons. The molecule has 0 saturated heterocycles. The van der Waals surface area contributed by atoms with E-state index in [0.29, 0.717) is 11.5 Å².